The molecular formula is C14H18N2O5S. The van der Waals surface area contributed by atoms with Gasteiger partial charge in [-0.05, 0) is 38.1 Å². The van der Waals surface area contributed by atoms with Gasteiger partial charge in [-0.1, -0.05) is 0 Å². The lowest BCUT2D eigenvalue weighted by molar-refractivity contribution is -0.135. The highest BCUT2D eigenvalue weighted by Gasteiger charge is 2.33. The van der Waals surface area contributed by atoms with Gasteiger partial charge in [0.2, 0.25) is 15.9 Å². The van der Waals surface area contributed by atoms with Gasteiger partial charge in [0.25, 0.3) is 0 Å². The Morgan fingerprint density at radius 1 is 1.18 bits per heavy atom. The lowest BCUT2D eigenvalue weighted by atomic mass is 10.2. The SMILES string of the molecule is CC(C)N1CCN(S(=O)(=O)c2ccc(C(=O)O)cc2)CC1=O. The predicted molar refractivity (Wildman–Crippen MR) is 79.0 cm³/mol. The van der Waals surface area contributed by atoms with Crippen LogP contribution in [-0.4, -0.2) is 60.3 Å². The number of nitrogens with zero attached hydrogens (tertiary/aromatic N) is 2. The first-order chi connectivity index (χ1) is 10.2. The number of carboxylic acids is 1. The van der Waals surface area contributed by atoms with Crippen LogP contribution in [0.25, 0.3) is 0 Å². The maximum atomic E-state index is 12.5. The fourth-order valence-corrected chi connectivity index (χ4v) is 3.72. The number of benzene rings is 1. The summed E-state index contributed by atoms with van der Waals surface area (Å²) in [5.41, 5.74) is 0.0136. The number of aromatic carboxylic acids is 1. The second kappa shape index (κ2) is 6.05. The maximum absolute atomic E-state index is 12.5. The van der Waals surface area contributed by atoms with Crippen LogP contribution in [0, 0.1) is 0 Å². The maximum Gasteiger partial charge on any atom is 0.335 e. The molecule has 0 bridgehead atoms. The first-order valence-corrected chi connectivity index (χ1v) is 8.30. The Hall–Kier alpha value is -1.93. The number of hydrogen-bond acceptors (Lipinski definition) is 4. The van der Waals surface area contributed by atoms with Gasteiger partial charge in [0.15, 0.2) is 0 Å². The molecule has 2 rings (SSSR count). The third-order valence-corrected chi connectivity index (χ3v) is 5.44. The quantitative estimate of drug-likeness (QED) is 0.875. The van der Waals surface area contributed by atoms with Gasteiger partial charge in [-0.15, -0.1) is 0 Å². The first-order valence-electron chi connectivity index (χ1n) is 6.86. The summed E-state index contributed by atoms with van der Waals surface area (Å²) in [6, 6.07) is 5.01. The van der Waals surface area contributed by atoms with Crippen LogP contribution in [0.15, 0.2) is 29.2 Å². The van der Waals surface area contributed by atoms with E-state index in [1.54, 1.807) is 4.90 Å². The van der Waals surface area contributed by atoms with Gasteiger partial charge in [-0.3, -0.25) is 4.79 Å². The lowest BCUT2D eigenvalue weighted by Gasteiger charge is -2.35. The fourth-order valence-electron chi connectivity index (χ4n) is 2.33. The second-order valence-corrected chi connectivity index (χ2v) is 7.29. The van der Waals surface area contributed by atoms with E-state index in [0.717, 1.165) is 4.31 Å². The van der Waals surface area contributed by atoms with E-state index in [2.05, 4.69) is 0 Å². The van der Waals surface area contributed by atoms with Crippen LogP contribution in [0.5, 0.6) is 0 Å². The Labute approximate surface area is 129 Å². The molecule has 0 spiro atoms. The molecule has 1 aliphatic rings. The highest BCUT2D eigenvalue weighted by atomic mass is 32.2. The van der Waals surface area contributed by atoms with Crippen molar-refractivity contribution in [2.24, 2.45) is 0 Å². The molecule has 0 radical (unpaired) electrons. The molecule has 1 fully saturated rings. The van der Waals surface area contributed by atoms with E-state index in [0.29, 0.717) is 6.54 Å². The van der Waals surface area contributed by atoms with Crippen LogP contribution in [0.2, 0.25) is 0 Å². The van der Waals surface area contributed by atoms with E-state index in [1.807, 2.05) is 13.8 Å². The van der Waals surface area contributed by atoms with Crippen molar-refractivity contribution in [2.45, 2.75) is 24.8 Å². The summed E-state index contributed by atoms with van der Waals surface area (Å²) in [6.45, 7) is 4.15. The van der Waals surface area contributed by atoms with Gasteiger partial charge >= 0.3 is 5.97 Å². The van der Waals surface area contributed by atoms with Gasteiger partial charge in [0, 0.05) is 19.1 Å². The Bertz CT molecular complexity index is 682. The Morgan fingerprint density at radius 2 is 1.77 bits per heavy atom. The van der Waals surface area contributed by atoms with Gasteiger partial charge in [-0.25, -0.2) is 13.2 Å². The normalized spacial score (nSPS) is 17.0. The van der Waals surface area contributed by atoms with Crippen molar-refractivity contribution < 1.29 is 23.1 Å². The smallest absolute Gasteiger partial charge is 0.335 e. The molecule has 0 aromatic heterocycles. The zero-order valence-electron chi connectivity index (χ0n) is 12.4. The molecule has 1 saturated heterocycles. The third kappa shape index (κ3) is 3.12. The van der Waals surface area contributed by atoms with Gasteiger partial charge in [-0.2, -0.15) is 4.31 Å². The minimum absolute atomic E-state index is 0.0108. The van der Waals surface area contributed by atoms with E-state index in [4.69, 9.17) is 5.11 Å². The number of amides is 1. The van der Waals surface area contributed by atoms with Crippen LogP contribution >= 0.6 is 0 Å². The van der Waals surface area contributed by atoms with Crippen molar-refractivity contribution in [3.05, 3.63) is 29.8 Å². The highest BCUT2D eigenvalue weighted by Crippen LogP contribution is 2.19. The molecule has 120 valence electrons. The van der Waals surface area contributed by atoms with Crippen molar-refractivity contribution in [3.8, 4) is 0 Å². The molecule has 0 unspecified atom stereocenters. The Morgan fingerprint density at radius 3 is 2.23 bits per heavy atom. The second-order valence-electron chi connectivity index (χ2n) is 5.35. The number of piperazine rings is 1. The summed E-state index contributed by atoms with van der Waals surface area (Å²) in [4.78, 5) is 24.4. The molecule has 1 aliphatic heterocycles. The molecule has 1 amide bonds. The van der Waals surface area contributed by atoms with E-state index < -0.39 is 16.0 Å². The van der Waals surface area contributed by atoms with E-state index in [-0.39, 0.29) is 35.5 Å². The summed E-state index contributed by atoms with van der Waals surface area (Å²) in [7, 11) is -3.79. The predicted octanol–water partition coefficient (Wildman–Crippen LogP) is 0.626. The monoisotopic (exact) mass is 326 g/mol. The van der Waals surface area contributed by atoms with E-state index in [9.17, 15) is 18.0 Å². The van der Waals surface area contributed by atoms with Crippen LogP contribution in [0.4, 0.5) is 0 Å². The summed E-state index contributed by atoms with van der Waals surface area (Å²) >= 11 is 0. The average molecular weight is 326 g/mol. The van der Waals surface area contributed by atoms with Crippen LogP contribution in [0.1, 0.15) is 24.2 Å². The topological polar surface area (TPSA) is 95.0 Å². The standard InChI is InChI=1S/C14H18N2O5S/c1-10(2)16-8-7-15(9-13(16)17)22(20,21)12-5-3-11(4-6-12)14(18)19/h3-6,10H,7-9H2,1-2H3,(H,18,19). The number of hydrogen-bond donors (Lipinski definition) is 1. The number of carbonyl (C=O) groups is 2. The highest BCUT2D eigenvalue weighted by molar-refractivity contribution is 7.89. The molecule has 8 heteroatoms. The fraction of sp³-hybridized carbons (Fsp3) is 0.429. The van der Waals surface area contributed by atoms with Crippen molar-refractivity contribution in [1.29, 1.82) is 0 Å². The Balaban J connectivity index is 2.21. The summed E-state index contributed by atoms with van der Waals surface area (Å²) in [6.07, 6.45) is 0. The van der Waals surface area contributed by atoms with Crippen LogP contribution < -0.4 is 0 Å². The first kappa shape index (κ1) is 16.4. The number of carbonyl (C=O) groups excluding carboxylic acids is 1. The Kier molecular flexibility index (Phi) is 4.52. The zero-order valence-corrected chi connectivity index (χ0v) is 13.2. The van der Waals surface area contributed by atoms with E-state index in [1.165, 1.54) is 24.3 Å². The molecule has 7 nitrogen and oxygen atoms in total. The molecule has 1 N–H and O–H groups in total. The zero-order chi connectivity index (χ0) is 16.5. The number of sulfonamides is 1. The van der Waals surface area contributed by atoms with Crippen LogP contribution in [-0.2, 0) is 14.8 Å². The van der Waals surface area contributed by atoms with Gasteiger partial charge in [0.05, 0.1) is 17.0 Å². The van der Waals surface area contributed by atoms with Crippen molar-refractivity contribution >= 4 is 21.9 Å². The van der Waals surface area contributed by atoms with E-state index >= 15 is 0 Å². The lowest BCUT2D eigenvalue weighted by Crippen LogP contribution is -2.54. The third-order valence-electron chi connectivity index (χ3n) is 3.58. The minimum Gasteiger partial charge on any atom is -0.478 e. The molecule has 0 aliphatic carbocycles. The summed E-state index contributed by atoms with van der Waals surface area (Å²) < 4.78 is 26.1. The summed E-state index contributed by atoms with van der Waals surface area (Å²) in [5.74, 6) is -1.35. The van der Waals surface area contributed by atoms with Crippen molar-refractivity contribution in [1.82, 2.24) is 9.21 Å². The average Bonchev–Trinajstić information content (AvgIpc) is 2.46. The molecule has 1 heterocycles. The summed E-state index contributed by atoms with van der Waals surface area (Å²) in [5, 5.41) is 8.83. The molecule has 22 heavy (non-hydrogen) atoms. The van der Waals surface area contributed by atoms with Gasteiger partial charge in [0.1, 0.15) is 0 Å². The number of carboxylic acid groups (broad SMARTS) is 1. The minimum atomic E-state index is -3.79. The van der Waals surface area contributed by atoms with Crippen molar-refractivity contribution in [3.63, 3.8) is 0 Å². The molecule has 1 aromatic rings. The molecule has 1 aromatic carbocycles. The van der Waals surface area contributed by atoms with Crippen LogP contribution in [0.3, 0.4) is 0 Å². The molecule has 0 atom stereocenters. The molecular weight excluding hydrogens is 308 g/mol. The molecule has 0 saturated carbocycles. The largest absolute Gasteiger partial charge is 0.478 e. The number of rotatable bonds is 4. The van der Waals surface area contributed by atoms with Crippen molar-refractivity contribution in [2.75, 3.05) is 19.6 Å². The van der Waals surface area contributed by atoms with Gasteiger partial charge < -0.3 is 10.0 Å².